The van der Waals surface area contributed by atoms with E-state index in [1.807, 2.05) is 24.3 Å². The van der Waals surface area contributed by atoms with Gasteiger partial charge in [0, 0.05) is 35.3 Å². The van der Waals surface area contributed by atoms with Crippen molar-refractivity contribution in [2.24, 2.45) is 0 Å². The van der Waals surface area contributed by atoms with Crippen molar-refractivity contribution in [2.75, 3.05) is 26.2 Å². The number of nitrogens with one attached hydrogen (secondary N) is 1. The summed E-state index contributed by atoms with van der Waals surface area (Å²) >= 11 is 2.29. The molecule has 3 rings (SSSR count). The third kappa shape index (κ3) is 3.44. The molecule has 0 amide bonds. The number of benzene rings is 1. The van der Waals surface area contributed by atoms with Gasteiger partial charge in [-0.15, -0.1) is 0 Å². The van der Waals surface area contributed by atoms with Gasteiger partial charge in [-0.2, -0.15) is 4.98 Å². The van der Waals surface area contributed by atoms with Gasteiger partial charge < -0.3 is 9.84 Å². The Labute approximate surface area is 138 Å². The van der Waals surface area contributed by atoms with Gasteiger partial charge in [0.25, 0.3) is 5.89 Å². The lowest BCUT2D eigenvalue weighted by molar-refractivity contribution is 0.160. The van der Waals surface area contributed by atoms with Gasteiger partial charge in [-0.05, 0) is 53.3 Å². The summed E-state index contributed by atoms with van der Waals surface area (Å²) < 4.78 is 6.66. The second kappa shape index (κ2) is 6.85. The quantitative estimate of drug-likeness (QED) is 0.803. The molecule has 0 bridgehead atoms. The van der Waals surface area contributed by atoms with Crippen LogP contribution in [0.3, 0.4) is 0 Å². The molecule has 21 heavy (non-hydrogen) atoms. The summed E-state index contributed by atoms with van der Waals surface area (Å²) in [6, 6.07) is 8.38. The van der Waals surface area contributed by atoms with Crippen molar-refractivity contribution in [2.45, 2.75) is 19.4 Å². The molecule has 1 aromatic carbocycles. The van der Waals surface area contributed by atoms with E-state index in [1.54, 1.807) is 0 Å². The van der Waals surface area contributed by atoms with Crippen LogP contribution in [-0.2, 0) is 0 Å². The maximum absolute atomic E-state index is 5.46. The van der Waals surface area contributed by atoms with Crippen LogP contribution in [0.1, 0.15) is 25.2 Å². The Hall–Kier alpha value is -0.990. The molecular weight excluding hydrogens is 379 g/mol. The zero-order valence-electron chi connectivity index (χ0n) is 12.1. The third-order valence-electron chi connectivity index (χ3n) is 3.81. The molecule has 1 aromatic heterocycles. The van der Waals surface area contributed by atoms with Crippen molar-refractivity contribution in [3.63, 3.8) is 0 Å². The number of piperazine rings is 1. The minimum absolute atomic E-state index is 0.244. The Bertz CT molecular complexity index is 578. The van der Waals surface area contributed by atoms with E-state index >= 15 is 0 Å². The molecule has 6 heteroatoms. The van der Waals surface area contributed by atoms with E-state index in [1.165, 1.54) is 3.57 Å². The first kappa shape index (κ1) is 14.9. The molecule has 1 fully saturated rings. The molecule has 1 atom stereocenters. The summed E-state index contributed by atoms with van der Waals surface area (Å²) in [6.07, 6.45) is 0.992. The fourth-order valence-corrected chi connectivity index (χ4v) is 3.04. The van der Waals surface area contributed by atoms with E-state index in [2.05, 4.69) is 49.9 Å². The SMILES string of the molecule is CCC(c1noc(-c2ccc(I)cc2)n1)N1CCNCC1. The zero-order valence-corrected chi connectivity index (χ0v) is 14.2. The summed E-state index contributed by atoms with van der Waals surface area (Å²) in [5.41, 5.74) is 0.976. The van der Waals surface area contributed by atoms with Gasteiger partial charge in [-0.25, -0.2) is 0 Å². The number of rotatable bonds is 4. The zero-order chi connectivity index (χ0) is 14.7. The number of nitrogens with zero attached hydrogens (tertiary/aromatic N) is 3. The Morgan fingerprint density at radius 1 is 1.29 bits per heavy atom. The average Bonchev–Trinajstić information content (AvgIpc) is 2.99. The standard InChI is InChI=1S/C15H19IN4O/c1-2-13(20-9-7-17-8-10-20)14-18-15(21-19-14)11-3-5-12(16)6-4-11/h3-6,13,17H,2,7-10H2,1H3. The molecule has 0 saturated carbocycles. The van der Waals surface area contributed by atoms with Crippen molar-refractivity contribution in [3.8, 4) is 11.5 Å². The highest BCUT2D eigenvalue weighted by molar-refractivity contribution is 14.1. The first-order valence-corrected chi connectivity index (χ1v) is 8.40. The van der Waals surface area contributed by atoms with Crippen molar-refractivity contribution < 1.29 is 4.52 Å². The Kier molecular flexibility index (Phi) is 4.87. The van der Waals surface area contributed by atoms with Crippen LogP contribution in [0.15, 0.2) is 28.8 Å². The van der Waals surface area contributed by atoms with Gasteiger partial charge in [-0.1, -0.05) is 12.1 Å². The van der Waals surface area contributed by atoms with E-state index in [0.717, 1.165) is 44.0 Å². The van der Waals surface area contributed by atoms with E-state index in [0.29, 0.717) is 5.89 Å². The van der Waals surface area contributed by atoms with Crippen LogP contribution in [0.2, 0.25) is 0 Å². The van der Waals surface area contributed by atoms with Gasteiger partial charge >= 0.3 is 0 Å². The van der Waals surface area contributed by atoms with E-state index in [9.17, 15) is 0 Å². The van der Waals surface area contributed by atoms with Gasteiger partial charge in [0.2, 0.25) is 0 Å². The minimum Gasteiger partial charge on any atom is -0.334 e. The van der Waals surface area contributed by atoms with Crippen molar-refractivity contribution in [3.05, 3.63) is 33.7 Å². The van der Waals surface area contributed by atoms with Crippen LogP contribution >= 0.6 is 22.6 Å². The lowest BCUT2D eigenvalue weighted by Crippen LogP contribution is -2.45. The molecule has 2 aromatic rings. The normalized spacial score (nSPS) is 17.8. The first-order valence-electron chi connectivity index (χ1n) is 7.32. The fourth-order valence-electron chi connectivity index (χ4n) is 2.68. The molecular formula is C15H19IN4O. The molecule has 112 valence electrons. The smallest absolute Gasteiger partial charge is 0.257 e. The van der Waals surface area contributed by atoms with Crippen LogP contribution in [0.4, 0.5) is 0 Å². The molecule has 1 aliphatic heterocycles. The Morgan fingerprint density at radius 3 is 2.67 bits per heavy atom. The molecule has 2 heterocycles. The van der Waals surface area contributed by atoms with Crippen LogP contribution in [-0.4, -0.2) is 41.2 Å². The van der Waals surface area contributed by atoms with Gasteiger partial charge in [-0.3, -0.25) is 4.90 Å². The fraction of sp³-hybridized carbons (Fsp3) is 0.467. The second-order valence-electron chi connectivity index (χ2n) is 5.17. The maximum atomic E-state index is 5.46. The predicted molar refractivity (Wildman–Crippen MR) is 89.9 cm³/mol. The van der Waals surface area contributed by atoms with Crippen LogP contribution < -0.4 is 5.32 Å². The van der Waals surface area contributed by atoms with Gasteiger partial charge in [0.05, 0.1) is 6.04 Å². The summed E-state index contributed by atoms with van der Waals surface area (Å²) in [5.74, 6) is 1.41. The molecule has 0 aliphatic carbocycles. The van der Waals surface area contributed by atoms with Crippen molar-refractivity contribution >= 4 is 22.6 Å². The monoisotopic (exact) mass is 398 g/mol. The highest BCUT2D eigenvalue weighted by atomic mass is 127. The molecule has 0 radical (unpaired) electrons. The minimum atomic E-state index is 0.244. The largest absolute Gasteiger partial charge is 0.334 e. The molecule has 0 spiro atoms. The van der Waals surface area contributed by atoms with Gasteiger partial charge in [0.15, 0.2) is 5.82 Å². The lowest BCUT2D eigenvalue weighted by atomic mass is 10.1. The lowest BCUT2D eigenvalue weighted by Gasteiger charge is -2.32. The molecule has 1 unspecified atom stereocenters. The van der Waals surface area contributed by atoms with E-state index in [-0.39, 0.29) is 6.04 Å². The van der Waals surface area contributed by atoms with Crippen LogP contribution in [0, 0.1) is 3.57 Å². The molecule has 1 N–H and O–H groups in total. The average molecular weight is 398 g/mol. The number of hydrogen-bond donors (Lipinski definition) is 1. The summed E-state index contributed by atoms with van der Waals surface area (Å²) in [4.78, 5) is 7.04. The van der Waals surface area contributed by atoms with Gasteiger partial charge in [0.1, 0.15) is 0 Å². The topological polar surface area (TPSA) is 54.2 Å². The molecule has 1 saturated heterocycles. The first-order chi connectivity index (χ1) is 10.3. The summed E-state index contributed by atoms with van der Waals surface area (Å²) in [7, 11) is 0. The highest BCUT2D eigenvalue weighted by Gasteiger charge is 2.25. The number of halogens is 1. The Balaban J connectivity index is 1.80. The summed E-state index contributed by atoms with van der Waals surface area (Å²) in [5, 5.41) is 7.59. The predicted octanol–water partition coefficient (Wildman–Crippen LogP) is 2.70. The van der Waals surface area contributed by atoms with E-state index in [4.69, 9.17) is 4.52 Å². The number of aromatic nitrogens is 2. The van der Waals surface area contributed by atoms with Crippen molar-refractivity contribution in [1.29, 1.82) is 0 Å². The van der Waals surface area contributed by atoms with Crippen LogP contribution in [0.25, 0.3) is 11.5 Å². The number of hydrogen-bond acceptors (Lipinski definition) is 5. The maximum Gasteiger partial charge on any atom is 0.257 e. The molecule has 1 aliphatic rings. The second-order valence-corrected chi connectivity index (χ2v) is 6.42. The van der Waals surface area contributed by atoms with Crippen molar-refractivity contribution in [1.82, 2.24) is 20.4 Å². The third-order valence-corrected chi connectivity index (χ3v) is 4.53. The summed E-state index contributed by atoms with van der Waals surface area (Å²) in [6.45, 7) is 6.29. The Morgan fingerprint density at radius 2 is 2.00 bits per heavy atom. The molecule has 5 nitrogen and oxygen atoms in total. The van der Waals surface area contributed by atoms with E-state index < -0.39 is 0 Å². The van der Waals surface area contributed by atoms with Crippen LogP contribution in [0.5, 0.6) is 0 Å². The highest BCUT2D eigenvalue weighted by Crippen LogP contribution is 2.25.